The predicted molar refractivity (Wildman–Crippen MR) is 108 cm³/mol. The fourth-order valence-electron chi connectivity index (χ4n) is 3.19. The fraction of sp³-hybridized carbons (Fsp3) is 0.444. The molecule has 1 amide bonds. The molecule has 0 atom stereocenters. The lowest BCUT2D eigenvalue weighted by Gasteiger charge is -2.23. The van der Waals surface area contributed by atoms with Crippen LogP contribution >= 0.6 is 24.8 Å². The molecule has 0 saturated heterocycles. The number of anilines is 1. The Kier molecular flexibility index (Phi) is 7.47. The SMILES string of the molecule is CN(C)c1cc(CNC(=O)C2(N)CCCC2)c2ccccc2n1.Cl.Cl. The van der Waals surface area contributed by atoms with Crippen molar-refractivity contribution in [1.82, 2.24) is 10.3 Å². The molecule has 25 heavy (non-hydrogen) atoms. The van der Waals surface area contributed by atoms with E-state index >= 15 is 0 Å². The molecule has 0 bridgehead atoms. The second kappa shape index (κ2) is 8.70. The number of fused-ring (bicyclic) bond motifs is 1. The smallest absolute Gasteiger partial charge is 0.240 e. The lowest BCUT2D eigenvalue weighted by Crippen LogP contribution is -2.51. The molecular formula is C18H26Cl2N4O. The van der Waals surface area contributed by atoms with Crippen LogP contribution in [0.5, 0.6) is 0 Å². The predicted octanol–water partition coefficient (Wildman–Crippen LogP) is 3.03. The maximum atomic E-state index is 12.4. The number of halogens is 2. The highest BCUT2D eigenvalue weighted by Crippen LogP contribution is 2.28. The summed E-state index contributed by atoms with van der Waals surface area (Å²) in [5.41, 5.74) is 7.54. The van der Waals surface area contributed by atoms with Crippen molar-refractivity contribution in [3.05, 3.63) is 35.9 Å². The monoisotopic (exact) mass is 384 g/mol. The van der Waals surface area contributed by atoms with Crippen LogP contribution in [0.15, 0.2) is 30.3 Å². The number of pyridine rings is 1. The van der Waals surface area contributed by atoms with Crippen LogP contribution in [0.25, 0.3) is 10.9 Å². The zero-order chi connectivity index (χ0) is 16.4. The van der Waals surface area contributed by atoms with E-state index in [0.717, 1.165) is 48.0 Å². The molecule has 0 spiro atoms. The Morgan fingerprint density at radius 2 is 1.88 bits per heavy atom. The molecule has 7 heteroatoms. The van der Waals surface area contributed by atoms with Crippen LogP contribution in [0, 0.1) is 0 Å². The number of nitrogens with zero attached hydrogens (tertiary/aromatic N) is 2. The van der Waals surface area contributed by atoms with Gasteiger partial charge < -0.3 is 16.0 Å². The van der Waals surface area contributed by atoms with Gasteiger partial charge in [0.1, 0.15) is 5.82 Å². The van der Waals surface area contributed by atoms with Crippen molar-refractivity contribution >= 4 is 47.4 Å². The maximum Gasteiger partial charge on any atom is 0.240 e. The van der Waals surface area contributed by atoms with Crippen molar-refractivity contribution in [2.75, 3.05) is 19.0 Å². The zero-order valence-electron chi connectivity index (χ0n) is 14.6. The third-order valence-corrected chi connectivity index (χ3v) is 4.63. The Morgan fingerprint density at radius 1 is 1.24 bits per heavy atom. The minimum absolute atomic E-state index is 0. The minimum Gasteiger partial charge on any atom is -0.363 e. The highest BCUT2D eigenvalue weighted by Gasteiger charge is 2.36. The number of amides is 1. The van der Waals surface area contributed by atoms with Crippen LogP contribution in [0.1, 0.15) is 31.2 Å². The van der Waals surface area contributed by atoms with Crippen LogP contribution in [-0.4, -0.2) is 30.5 Å². The van der Waals surface area contributed by atoms with Gasteiger partial charge in [-0.05, 0) is 30.5 Å². The van der Waals surface area contributed by atoms with Gasteiger partial charge in [-0.25, -0.2) is 4.98 Å². The number of nitrogens with two attached hydrogens (primary N) is 1. The van der Waals surface area contributed by atoms with Crippen molar-refractivity contribution in [2.45, 2.75) is 37.8 Å². The third kappa shape index (κ3) is 4.54. The summed E-state index contributed by atoms with van der Waals surface area (Å²) in [7, 11) is 3.93. The topological polar surface area (TPSA) is 71.2 Å². The summed E-state index contributed by atoms with van der Waals surface area (Å²) in [6.07, 6.45) is 3.62. The number of carbonyl (C=O) groups excluding carboxylic acids is 1. The average molecular weight is 385 g/mol. The van der Waals surface area contributed by atoms with Crippen LogP contribution in [0.3, 0.4) is 0 Å². The van der Waals surface area contributed by atoms with Crippen LogP contribution in [-0.2, 0) is 11.3 Å². The molecule has 0 unspecified atom stereocenters. The van der Waals surface area contributed by atoms with Crippen LogP contribution in [0.2, 0.25) is 0 Å². The van der Waals surface area contributed by atoms with E-state index in [0.29, 0.717) is 6.54 Å². The first-order valence-corrected chi connectivity index (χ1v) is 8.13. The molecule has 1 fully saturated rings. The number of benzene rings is 1. The highest BCUT2D eigenvalue weighted by atomic mass is 35.5. The molecule has 0 radical (unpaired) electrons. The van der Waals surface area contributed by atoms with Gasteiger partial charge in [0.05, 0.1) is 11.1 Å². The molecular weight excluding hydrogens is 359 g/mol. The standard InChI is InChI=1S/C18H24N4O.2ClH/c1-22(2)16-11-13(14-7-3-4-8-15(14)21-16)12-20-17(23)18(19)9-5-6-10-18;;/h3-4,7-8,11H,5-6,9-10,12,19H2,1-2H3,(H,20,23);2*1H. The summed E-state index contributed by atoms with van der Waals surface area (Å²) >= 11 is 0. The molecule has 2 aromatic rings. The Morgan fingerprint density at radius 3 is 2.52 bits per heavy atom. The summed E-state index contributed by atoms with van der Waals surface area (Å²) in [6.45, 7) is 0.474. The number of aromatic nitrogens is 1. The lowest BCUT2D eigenvalue weighted by molar-refractivity contribution is -0.126. The zero-order valence-corrected chi connectivity index (χ0v) is 16.3. The Hall–Kier alpha value is -1.56. The van der Waals surface area contributed by atoms with Crippen molar-refractivity contribution in [2.24, 2.45) is 5.73 Å². The van der Waals surface area contributed by atoms with E-state index in [-0.39, 0.29) is 30.7 Å². The summed E-state index contributed by atoms with van der Waals surface area (Å²) in [4.78, 5) is 19.0. The summed E-state index contributed by atoms with van der Waals surface area (Å²) in [6, 6.07) is 10.0. The number of hydrogen-bond donors (Lipinski definition) is 2. The maximum absolute atomic E-state index is 12.4. The molecule has 138 valence electrons. The quantitative estimate of drug-likeness (QED) is 0.849. The van der Waals surface area contributed by atoms with Gasteiger partial charge in [0, 0.05) is 26.0 Å². The first kappa shape index (κ1) is 21.5. The van der Waals surface area contributed by atoms with E-state index < -0.39 is 5.54 Å². The molecule has 1 aromatic carbocycles. The molecule has 3 N–H and O–H groups in total. The van der Waals surface area contributed by atoms with E-state index in [4.69, 9.17) is 5.73 Å². The second-order valence-corrected chi connectivity index (χ2v) is 6.60. The molecule has 0 aliphatic heterocycles. The molecule has 1 aliphatic carbocycles. The Bertz CT molecular complexity index is 730. The van der Waals surface area contributed by atoms with Gasteiger partial charge in [-0.15, -0.1) is 24.8 Å². The van der Waals surface area contributed by atoms with Gasteiger partial charge in [0.15, 0.2) is 0 Å². The molecule has 1 aromatic heterocycles. The van der Waals surface area contributed by atoms with Crippen molar-refractivity contribution in [3.8, 4) is 0 Å². The summed E-state index contributed by atoms with van der Waals surface area (Å²) in [5, 5.41) is 4.10. The average Bonchev–Trinajstić information content (AvgIpc) is 3.00. The van der Waals surface area contributed by atoms with Crippen molar-refractivity contribution in [1.29, 1.82) is 0 Å². The first-order valence-electron chi connectivity index (χ1n) is 8.13. The molecule has 5 nitrogen and oxygen atoms in total. The molecule has 1 heterocycles. The van der Waals surface area contributed by atoms with E-state index in [2.05, 4.69) is 10.3 Å². The van der Waals surface area contributed by atoms with E-state index in [1.165, 1.54) is 0 Å². The number of rotatable bonds is 4. The number of nitrogens with one attached hydrogen (secondary N) is 1. The normalized spacial score (nSPS) is 15.2. The largest absolute Gasteiger partial charge is 0.363 e. The second-order valence-electron chi connectivity index (χ2n) is 6.60. The van der Waals surface area contributed by atoms with Gasteiger partial charge in [-0.2, -0.15) is 0 Å². The van der Waals surface area contributed by atoms with Gasteiger partial charge >= 0.3 is 0 Å². The fourth-order valence-corrected chi connectivity index (χ4v) is 3.19. The summed E-state index contributed by atoms with van der Waals surface area (Å²) < 4.78 is 0. The number of carbonyl (C=O) groups is 1. The molecule has 1 saturated carbocycles. The van der Waals surface area contributed by atoms with Gasteiger partial charge in [-0.3, -0.25) is 4.79 Å². The van der Waals surface area contributed by atoms with Crippen LogP contribution in [0.4, 0.5) is 5.82 Å². The van der Waals surface area contributed by atoms with Crippen LogP contribution < -0.4 is 16.0 Å². The minimum atomic E-state index is -0.687. The third-order valence-electron chi connectivity index (χ3n) is 4.63. The van der Waals surface area contributed by atoms with Gasteiger partial charge in [0.25, 0.3) is 0 Å². The first-order chi connectivity index (χ1) is 11.0. The van der Waals surface area contributed by atoms with E-state index in [9.17, 15) is 4.79 Å². The summed E-state index contributed by atoms with van der Waals surface area (Å²) in [5.74, 6) is 0.846. The molecule has 3 rings (SSSR count). The van der Waals surface area contributed by atoms with Crippen molar-refractivity contribution < 1.29 is 4.79 Å². The Labute approximate surface area is 161 Å². The number of para-hydroxylation sites is 1. The van der Waals surface area contributed by atoms with Gasteiger partial charge in [0.2, 0.25) is 5.91 Å². The number of hydrogen-bond acceptors (Lipinski definition) is 4. The Balaban J connectivity index is 0.00000156. The van der Waals surface area contributed by atoms with E-state index in [1.807, 2.05) is 49.3 Å². The van der Waals surface area contributed by atoms with Crippen molar-refractivity contribution in [3.63, 3.8) is 0 Å². The van der Waals surface area contributed by atoms with E-state index in [1.54, 1.807) is 0 Å². The highest BCUT2D eigenvalue weighted by molar-refractivity contribution is 5.88. The lowest BCUT2D eigenvalue weighted by atomic mass is 9.98. The molecule has 1 aliphatic rings. The van der Waals surface area contributed by atoms with Gasteiger partial charge in [-0.1, -0.05) is 31.0 Å².